The molecule has 2 aromatic rings. The van der Waals surface area contributed by atoms with Crippen LogP contribution in [0.4, 0.5) is 11.4 Å². The minimum Gasteiger partial charge on any atom is -0.497 e. The zero-order chi connectivity index (χ0) is 19.2. The first kappa shape index (κ1) is 17.8. The van der Waals surface area contributed by atoms with Crippen LogP contribution in [0.25, 0.3) is 0 Å². The molecule has 4 rings (SSSR count). The van der Waals surface area contributed by atoms with Gasteiger partial charge in [-0.25, -0.2) is 0 Å². The molecule has 27 heavy (non-hydrogen) atoms. The lowest BCUT2D eigenvalue weighted by Gasteiger charge is -2.25. The molecule has 2 aromatic carbocycles. The van der Waals surface area contributed by atoms with Crippen LogP contribution in [0.5, 0.6) is 5.75 Å². The Bertz CT molecular complexity index is 953. The summed E-state index contributed by atoms with van der Waals surface area (Å²) in [4.78, 5) is 2.36. The summed E-state index contributed by atoms with van der Waals surface area (Å²) in [5.74, 6) is 0.942. The Kier molecular flexibility index (Phi) is 4.33. The number of methoxy groups -OCH3 is 1. The molecule has 0 atom stereocenters. The van der Waals surface area contributed by atoms with Crippen molar-refractivity contribution in [2.24, 2.45) is 0 Å². The maximum atomic E-state index is 5.41. The quantitative estimate of drug-likeness (QED) is 0.695. The topological polar surface area (TPSA) is 15.5 Å². The largest absolute Gasteiger partial charge is 0.497 e. The average molecular weight is 362 g/mol. The summed E-state index contributed by atoms with van der Waals surface area (Å²) in [6, 6.07) is 15.2. The molecule has 140 valence electrons. The van der Waals surface area contributed by atoms with Crippen LogP contribution in [0.3, 0.4) is 0 Å². The monoisotopic (exact) mass is 361 g/mol. The molecule has 0 bridgehead atoms. The zero-order valence-electron chi connectivity index (χ0n) is 17.0. The highest BCUT2D eigenvalue weighted by Crippen LogP contribution is 2.47. The normalized spacial score (nSPS) is 21.1. The molecule has 2 heterocycles. The maximum Gasteiger partial charge on any atom is 0.208 e. The number of para-hydroxylation sites is 1. The Balaban J connectivity index is 1.80. The average Bonchev–Trinajstić information content (AvgIpc) is 2.87. The molecule has 0 spiro atoms. The van der Waals surface area contributed by atoms with Crippen molar-refractivity contribution in [1.29, 1.82) is 0 Å². The molecule has 3 heteroatoms. The molecule has 0 saturated heterocycles. The van der Waals surface area contributed by atoms with E-state index in [1.54, 1.807) is 7.11 Å². The van der Waals surface area contributed by atoms with Crippen LogP contribution in [-0.4, -0.2) is 31.5 Å². The number of benzene rings is 2. The van der Waals surface area contributed by atoms with Gasteiger partial charge >= 0.3 is 0 Å². The zero-order valence-corrected chi connectivity index (χ0v) is 17.0. The summed E-state index contributed by atoms with van der Waals surface area (Å²) in [6.45, 7) is 7.96. The Morgan fingerprint density at radius 1 is 1.19 bits per heavy atom. The van der Waals surface area contributed by atoms with Gasteiger partial charge in [0.2, 0.25) is 5.69 Å². The SMILES string of the molecule is COc1ccc2c(c1)CCC[N+]2=CC(C)=C1N(C)c2ccccc2C1(C)C. The summed E-state index contributed by atoms with van der Waals surface area (Å²) < 4.78 is 7.82. The van der Waals surface area contributed by atoms with Crippen LogP contribution in [0.1, 0.15) is 38.3 Å². The van der Waals surface area contributed by atoms with Gasteiger partial charge < -0.3 is 9.64 Å². The van der Waals surface area contributed by atoms with Gasteiger partial charge in [-0.3, -0.25) is 0 Å². The standard InChI is InChI=1S/C24H29N2O/c1-17(23-24(2,3)20-10-6-7-11-22(20)25(23)4)16-26-14-8-9-18-15-19(27-5)12-13-21(18)26/h6-7,10-13,15-16H,8-9,14H2,1-5H3/q+1. The van der Waals surface area contributed by atoms with Gasteiger partial charge in [-0.2, -0.15) is 4.58 Å². The minimum atomic E-state index is 0.00442. The fraction of sp³-hybridized carbons (Fsp3) is 0.375. The summed E-state index contributed by atoms with van der Waals surface area (Å²) in [5.41, 5.74) is 8.10. The summed E-state index contributed by atoms with van der Waals surface area (Å²) in [7, 11) is 3.92. The third-order valence-electron chi connectivity index (χ3n) is 6.03. The van der Waals surface area contributed by atoms with Gasteiger partial charge in [0.15, 0.2) is 6.21 Å². The van der Waals surface area contributed by atoms with Crippen molar-refractivity contribution in [2.45, 2.75) is 39.0 Å². The second kappa shape index (κ2) is 6.56. The van der Waals surface area contributed by atoms with Gasteiger partial charge in [-0.1, -0.05) is 32.0 Å². The smallest absolute Gasteiger partial charge is 0.208 e. The predicted octanol–water partition coefficient (Wildman–Crippen LogP) is 5.06. The molecule has 0 aliphatic carbocycles. The summed E-state index contributed by atoms with van der Waals surface area (Å²) >= 11 is 0. The number of fused-ring (bicyclic) bond motifs is 2. The number of rotatable bonds is 2. The lowest BCUT2D eigenvalue weighted by atomic mass is 9.82. The molecule has 2 aliphatic heterocycles. The van der Waals surface area contributed by atoms with E-state index < -0.39 is 0 Å². The number of allylic oxidation sites excluding steroid dienone is 2. The van der Waals surface area contributed by atoms with Crippen LogP contribution in [0.2, 0.25) is 0 Å². The third kappa shape index (κ3) is 2.86. The molecule has 0 amide bonds. The van der Waals surface area contributed by atoms with Crippen molar-refractivity contribution in [3.05, 3.63) is 64.9 Å². The van der Waals surface area contributed by atoms with Crippen LogP contribution >= 0.6 is 0 Å². The van der Waals surface area contributed by atoms with Crippen molar-refractivity contribution in [3.8, 4) is 5.75 Å². The fourth-order valence-corrected chi connectivity index (χ4v) is 4.88. The van der Waals surface area contributed by atoms with E-state index >= 15 is 0 Å². The molecule has 0 saturated carbocycles. The van der Waals surface area contributed by atoms with E-state index in [0.29, 0.717) is 0 Å². The highest BCUT2D eigenvalue weighted by atomic mass is 16.5. The maximum absolute atomic E-state index is 5.41. The van der Waals surface area contributed by atoms with Crippen molar-refractivity contribution in [3.63, 3.8) is 0 Å². The Hall–Kier alpha value is -2.55. The number of likely N-dealkylation sites (N-methyl/N-ethyl adjacent to an activating group) is 1. The van der Waals surface area contributed by atoms with Crippen LogP contribution in [0, 0.1) is 0 Å². The highest BCUT2D eigenvalue weighted by Gasteiger charge is 2.39. The first-order chi connectivity index (χ1) is 12.9. The summed E-state index contributed by atoms with van der Waals surface area (Å²) in [6.07, 6.45) is 4.62. The number of ether oxygens (including phenoxy) is 1. The van der Waals surface area contributed by atoms with E-state index in [1.807, 2.05) is 0 Å². The van der Waals surface area contributed by atoms with E-state index in [0.717, 1.165) is 18.7 Å². The van der Waals surface area contributed by atoms with E-state index in [2.05, 4.69) is 86.0 Å². The van der Waals surface area contributed by atoms with Crippen molar-refractivity contribution in [1.82, 2.24) is 0 Å². The van der Waals surface area contributed by atoms with Gasteiger partial charge in [0.1, 0.15) is 12.3 Å². The summed E-state index contributed by atoms with van der Waals surface area (Å²) in [5, 5.41) is 0. The van der Waals surface area contributed by atoms with Crippen molar-refractivity contribution in [2.75, 3.05) is 25.6 Å². The molecule has 0 radical (unpaired) electrons. The highest BCUT2D eigenvalue weighted by molar-refractivity contribution is 5.82. The number of aryl methyl sites for hydroxylation is 1. The first-order valence-electron chi connectivity index (χ1n) is 9.76. The van der Waals surface area contributed by atoms with Gasteiger partial charge in [0.05, 0.1) is 7.11 Å². The minimum absolute atomic E-state index is 0.00442. The number of anilines is 1. The van der Waals surface area contributed by atoms with Crippen molar-refractivity contribution < 1.29 is 9.31 Å². The van der Waals surface area contributed by atoms with Gasteiger partial charge in [-0.05, 0) is 37.1 Å². The molecule has 0 N–H and O–H groups in total. The van der Waals surface area contributed by atoms with E-state index in [1.165, 1.54) is 40.2 Å². The lowest BCUT2D eigenvalue weighted by molar-refractivity contribution is -0.441. The number of hydrogen-bond acceptors (Lipinski definition) is 2. The second-order valence-electron chi connectivity index (χ2n) is 8.15. The van der Waals surface area contributed by atoms with Gasteiger partial charge in [0.25, 0.3) is 0 Å². The van der Waals surface area contributed by atoms with Gasteiger partial charge in [-0.15, -0.1) is 0 Å². The lowest BCUT2D eigenvalue weighted by Crippen LogP contribution is -2.26. The fourth-order valence-electron chi connectivity index (χ4n) is 4.88. The van der Waals surface area contributed by atoms with E-state index in [-0.39, 0.29) is 5.41 Å². The van der Waals surface area contributed by atoms with E-state index in [4.69, 9.17) is 4.74 Å². The third-order valence-corrected chi connectivity index (χ3v) is 6.03. The van der Waals surface area contributed by atoms with E-state index in [9.17, 15) is 0 Å². The Morgan fingerprint density at radius 2 is 1.96 bits per heavy atom. The Morgan fingerprint density at radius 3 is 2.70 bits per heavy atom. The molecule has 0 aromatic heterocycles. The van der Waals surface area contributed by atoms with Gasteiger partial charge in [0, 0.05) is 47.5 Å². The molecule has 3 nitrogen and oxygen atoms in total. The molecule has 2 aliphatic rings. The predicted molar refractivity (Wildman–Crippen MR) is 113 cm³/mol. The number of hydrogen-bond donors (Lipinski definition) is 0. The Labute approximate surface area is 162 Å². The van der Waals surface area contributed by atoms with Crippen molar-refractivity contribution >= 4 is 17.6 Å². The van der Waals surface area contributed by atoms with Crippen LogP contribution in [-0.2, 0) is 11.8 Å². The van der Waals surface area contributed by atoms with Crippen LogP contribution < -0.4 is 9.64 Å². The molecular formula is C24H29N2O+. The van der Waals surface area contributed by atoms with Crippen LogP contribution in [0.15, 0.2) is 53.7 Å². The first-order valence-corrected chi connectivity index (χ1v) is 9.76. The molecular weight excluding hydrogens is 332 g/mol. The molecule has 0 unspecified atom stereocenters. The number of nitrogens with zero attached hydrogens (tertiary/aromatic N) is 2. The molecule has 0 fully saturated rings. The second-order valence-corrected chi connectivity index (χ2v) is 8.15.